The van der Waals surface area contributed by atoms with E-state index in [-0.39, 0.29) is 41.8 Å². The summed E-state index contributed by atoms with van der Waals surface area (Å²) in [5.74, 6) is -1.61. The smallest absolute Gasteiger partial charge is 0.548 e. The Morgan fingerprint density at radius 2 is 1.62 bits per heavy atom. The molecule has 2 aromatic carbocycles. The van der Waals surface area contributed by atoms with Crippen LogP contribution in [0.3, 0.4) is 0 Å². The number of aliphatic carboxylic acids is 1. The van der Waals surface area contributed by atoms with Gasteiger partial charge in [-0.3, -0.25) is 0 Å². The molecule has 1 atom stereocenters. The molecule has 0 bridgehead atoms. The Morgan fingerprint density at radius 1 is 1.12 bits per heavy atom. The van der Waals surface area contributed by atoms with Crippen molar-refractivity contribution in [2.75, 3.05) is 0 Å². The predicted molar refractivity (Wildman–Crippen MR) is 86.9 cm³/mol. The van der Waals surface area contributed by atoms with Gasteiger partial charge in [-0.2, -0.15) is 0 Å². The van der Waals surface area contributed by atoms with E-state index < -0.39 is 12.0 Å². The second-order valence-corrected chi connectivity index (χ2v) is 5.34. The van der Waals surface area contributed by atoms with Gasteiger partial charge in [-0.05, 0) is 47.2 Å². The van der Waals surface area contributed by atoms with Crippen LogP contribution in [0.5, 0.6) is 0 Å². The topological polar surface area (TPSA) is 66.2 Å². The molecule has 0 saturated carbocycles. The SMILES string of the molecule is CCc1ccc(C(=CCC(N)C(=O)[O-])c2ccc(F)cc2)cc1.[Na+]. The summed E-state index contributed by atoms with van der Waals surface area (Å²) in [4.78, 5) is 10.8. The quantitative estimate of drug-likeness (QED) is 0.710. The van der Waals surface area contributed by atoms with Crippen LogP contribution in [0, 0.1) is 5.82 Å². The van der Waals surface area contributed by atoms with Crippen LogP contribution in [0.4, 0.5) is 4.39 Å². The molecule has 0 aliphatic carbocycles. The van der Waals surface area contributed by atoms with Crippen molar-refractivity contribution < 1.29 is 43.8 Å². The number of nitrogens with two attached hydrogens (primary N) is 1. The van der Waals surface area contributed by atoms with Gasteiger partial charge in [-0.15, -0.1) is 0 Å². The first kappa shape index (κ1) is 20.6. The van der Waals surface area contributed by atoms with Gasteiger partial charge in [0.1, 0.15) is 5.82 Å². The fraction of sp³-hybridized carbons (Fsp3) is 0.211. The molecule has 0 aromatic heterocycles. The molecule has 5 heteroatoms. The van der Waals surface area contributed by atoms with E-state index in [1.165, 1.54) is 17.7 Å². The molecule has 0 radical (unpaired) electrons. The molecular formula is C19H19FNNaO2. The van der Waals surface area contributed by atoms with Crippen molar-refractivity contribution in [2.24, 2.45) is 5.73 Å². The van der Waals surface area contributed by atoms with E-state index in [0.29, 0.717) is 0 Å². The van der Waals surface area contributed by atoms with Crippen molar-refractivity contribution in [2.45, 2.75) is 25.8 Å². The molecule has 24 heavy (non-hydrogen) atoms. The zero-order valence-electron chi connectivity index (χ0n) is 14.0. The monoisotopic (exact) mass is 335 g/mol. The van der Waals surface area contributed by atoms with Crippen LogP contribution in [0.15, 0.2) is 54.6 Å². The van der Waals surface area contributed by atoms with Crippen LogP contribution in [0.2, 0.25) is 0 Å². The third-order valence-electron chi connectivity index (χ3n) is 3.71. The zero-order chi connectivity index (χ0) is 16.8. The molecule has 0 fully saturated rings. The number of hydrogen-bond donors (Lipinski definition) is 1. The van der Waals surface area contributed by atoms with Crippen molar-refractivity contribution >= 4 is 11.5 Å². The van der Waals surface area contributed by atoms with Gasteiger partial charge in [0.2, 0.25) is 0 Å². The Hall–Kier alpha value is -1.46. The van der Waals surface area contributed by atoms with E-state index in [0.717, 1.165) is 23.1 Å². The number of benzene rings is 2. The number of hydrogen-bond acceptors (Lipinski definition) is 3. The summed E-state index contributed by atoms with van der Waals surface area (Å²) < 4.78 is 13.1. The second-order valence-electron chi connectivity index (χ2n) is 5.34. The average molecular weight is 335 g/mol. The van der Waals surface area contributed by atoms with Crippen LogP contribution >= 0.6 is 0 Å². The molecule has 120 valence electrons. The summed E-state index contributed by atoms with van der Waals surface area (Å²) in [7, 11) is 0. The predicted octanol–water partition coefficient (Wildman–Crippen LogP) is -0.709. The Morgan fingerprint density at radius 3 is 2.08 bits per heavy atom. The second kappa shape index (κ2) is 9.74. The molecule has 2 aromatic rings. The number of carboxylic acids is 1. The zero-order valence-corrected chi connectivity index (χ0v) is 16.0. The summed E-state index contributed by atoms with van der Waals surface area (Å²) in [5, 5.41) is 10.8. The van der Waals surface area contributed by atoms with Gasteiger partial charge < -0.3 is 15.6 Å². The number of aryl methyl sites for hydroxylation is 1. The molecule has 0 amide bonds. The van der Waals surface area contributed by atoms with Gasteiger partial charge in [0.25, 0.3) is 0 Å². The maximum absolute atomic E-state index is 13.1. The summed E-state index contributed by atoms with van der Waals surface area (Å²) >= 11 is 0. The van der Waals surface area contributed by atoms with Crippen molar-refractivity contribution in [3.8, 4) is 0 Å². The summed E-state index contributed by atoms with van der Waals surface area (Å²) in [5.41, 5.74) is 9.29. The van der Waals surface area contributed by atoms with E-state index in [1.54, 1.807) is 18.2 Å². The first-order valence-electron chi connectivity index (χ1n) is 7.53. The molecule has 3 nitrogen and oxygen atoms in total. The molecule has 2 N–H and O–H groups in total. The first-order chi connectivity index (χ1) is 11.0. The van der Waals surface area contributed by atoms with Crippen LogP contribution in [0.1, 0.15) is 30.0 Å². The first-order valence-corrected chi connectivity index (χ1v) is 7.53. The molecule has 0 aliphatic rings. The molecular weight excluding hydrogens is 316 g/mol. The Bertz CT molecular complexity index is 696. The Labute approximate surface area is 163 Å². The fourth-order valence-corrected chi connectivity index (χ4v) is 2.29. The van der Waals surface area contributed by atoms with E-state index in [2.05, 4.69) is 6.92 Å². The van der Waals surface area contributed by atoms with Gasteiger partial charge in [0.05, 0.1) is 5.97 Å². The Kier molecular flexibility index (Phi) is 8.36. The third-order valence-corrected chi connectivity index (χ3v) is 3.71. The van der Waals surface area contributed by atoms with E-state index >= 15 is 0 Å². The third kappa shape index (κ3) is 5.56. The van der Waals surface area contributed by atoms with Crippen LogP contribution in [-0.4, -0.2) is 12.0 Å². The molecule has 0 aliphatic heterocycles. The molecule has 0 heterocycles. The maximum Gasteiger partial charge on any atom is 1.00 e. The molecule has 0 spiro atoms. The normalized spacial score (nSPS) is 12.4. The minimum Gasteiger partial charge on any atom is -0.548 e. The molecule has 0 saturated heterocycles. The van der Waals surface area contributed by atoms with Gasteiger partial charge in [-0.25, -0.2) is 4.39 Å². The van der Waals surface area contributed by atoms with E-state index in [1.807, 2.05) is 24.3 Å². The molecule has 1 unspecified atom stereocenters. The number of rotatable bonds is 6. The van der Waals surface area contributed by atoms with Crippen molar-refractivity contribution in [1.82, 2.24) is 0 Å². The summed E-state index contributed by atoms with van der Waals surface area (Å²) in [6, 6.07) is 13.0. The van der Waals surface area contributed by atoms with Crippen LogP contribution in [-0.2, 0) is 11.2 Å². The van der Waals surface area contributed by atoms with E-state index in [4.69, 9.17) is 5.73 Å². The fourth-order valence-electron chi connectivity index (χ4n) is 2.29. The summed E-state index contributed by atoms with van der Waals surface area (Å²) in [6.45, 7) is 2.07. The Balaban J connectivity index is 0.00000288. The molecule has 2 rings (SSSR count). The number of carbonyl (C=O) groups is 1. The van der Waals surface area contributed by atoms with Crippen molar-refractivity contribution in [3.63, 3.8) is 0 Å². The summed E-state index contributed by atoms with van der Waals surface area (Å²) in [6.07, 6.45) is 2.84. The van der Waals surface area contributed by atoms with Crippen molar-refractivity contribution in [3.05, 3.63) is 77.1 Å². The van der Waals surface area contributed by atoms with Gasteiger partial charge in [0, 0.05) is 6.04 Å². The average Bonchev–Trinajstić information content (AvgIpc) is 2.56. The van der Waals surface area contributed by atoms with Crippen molar-refractivity contribution in [1.29, 1.82) is 0 Å². The maximum atomic E-state index is 13.1. The number of carboxylic acid groups (broad SMARTS) is 1. The van der Waals surface area contributed by atoms with Gasteiger partial charge in [-0.1, -0.05) is 49.4 Å². The van der Waals surface area contributed by atoms with Crippen LogP contribution < -0.4 is 40.4 Å². The number of carbonyl (C=O) groups excluding carboxylic acids is 1. The standard InChI is InChI=1S/C19H20FNO2.Na/c1-2-13-3-5-14(6-4-13)17(11-12-18(21)19(22)23)15-7-9-16(20)10-8-15;/h3-11,18H,2,12,21H2,1H3,(H,22,23);/q;+1/p-1. The number of halogens is 1. The minimum absolute atomic E-state index is 0. The minimum atomic E-state index is -1.29. The largest absolute Gasteiger partial charge is 1.00 e. The van der Waals surface area contributed by atoms with Crippen LogP contribution in [0.25, 0.3) is 5.57 Å². The van der Waals surface area contributed by atoms with Gasteiger partial charge in [0.15, 0.2) is 0 Å². The van der Waals surface area contributed by atoms with E-state index in [9.17, 15) is 14.3 Å². The van der Waals surface area contributed by atoms with Gasteiger partial charge >= 0.3 is 29.6 Å².